The van der Waals surface area contributed by atoms with Gasteiger partial charge >= 0.3 is 6.01 Å². The van der Waals surface area contributed by atoms with E-state index in [1.54, 1.807) is 0 Å². The van der Waals surface area contributed by atoms with E-state index in [9.17, 15) is 4.79 Å². The van der Waals surface area contributed by atoms with Crippen molar-refractivity contribution in [2.75, 3.05) is 16.8 Å². The number of halogens is 1. The molecule has 0 saturated heterocycles. The van der Waals surface area contributed by atoms with E-state index < -0.39 is 0 Å². The molecule has 0 radical (unpaired) electrons. The summed E-state index contributed by atoms with van der Waals surface area (Å²) in [5.41, 5.74) is 2.68. The molecule has 0 spiro atoms. The van der Waals surface area contributed by atoms with Crippen LogP contribution < -0.4 is 4.90 Å². The summed E-state index contributed by atoms with van der Waals surface area (Å²) in [5.74, 6) is 0. The fraction of sp³-hybridized carbons (Fsp3) is 0.333. The Morgan fingerprint density at radius 2 is 2.35 bits per heavy atom. The zero-order chi connectivity index (χ0) is 12.3. The molecular formula is C12H13BrN2O2. The first-order valence-electron chi connectivity index (χ1n) is 5.46. The van der Waals surface area contributed by atoms with E-state index in [-0.39, 0.29) is 0 Å². The third kappa shape index (κ3) is 2.49. The lowest BCUT2D eigenvalue weighted by Crippen LogP contribution is -2.20. The average Bonchev–Trinajstić information content (AvgIpc) is 2.74. The summed E-state index contributed by atoms with van der Waals surface area (Å²) in [5, 5.41) is 0.912. The monoisotopic (exact) mass is 296 g/mol. The molecule has 0 unspecified atom stereocenters. The van der Waals surface area contributed by atoms with Crippen molar-refractivity contribution in [1.29, 1.82) is 0 Å². The standard InChI is InChI=1S/C12H13BrN2O2/c1-2-15(8-16)12-14-10-4-3-9(5-6-13)7-11(10)17-12/h3-4,7-8H,2,5-6H2,1H3. The number of amides is 1. The predicted molar refractivity (Wildman–Crippen MR) is 70.6 cm³/mol. The first-order valence-corrected chi connectivity index (χ1v) is 6.58. The number of aryl methyl sites for hydroxylation is 1. The summed E-state index contributed by atoms with van der Waals surface area (Å²) in [7, 11) is 0. The molecule has 17 heavy (non-hydrogen) atoms. The molecule has 2 rings (SSSR count). The maximum absolute atomic E-state index is 10.8. The normalized spacial score (nSPS) is 10.7. The van der Waals surface area contributed by atoms with Crippen LogP contribution in [0.2, 0.25) is 0 Å². The minimum Gasteiger partial charge on any atom is -0.423 e. The van der Waals surface area contributed by atoms with Crippen molar-refractivity contribution < 1.29 is 9.21 Å². The van der Waals surface area contributed by atoms with Crippen LogP contribution in [0.4, 0.5) is 6.01 Å². The van der Waals surface area contributed by atoms with E-state index in [4.69, 9.17) is 4.42 Å². The van der Waals surface area contributed by atoms with E-state index in [0.29, 0.717) is 12.6 Å². The first-order chi connectivity index (χ1) is 8.28. The SMILES string of the molecule is CCN(C=O)c1nc2ccc(CCBr)cc2o1. The number of hydrogen-bond acceptors (Lipinski definition) is 3. The average molecular weight is 297 g/mol. The predicted octanol–water partition coefficient (Wildman–Crippen LogP) is 2.75. The van der Waals surface area contributed by atoms with Gasteiger partial charge in [0.2, 0.25) is 6.41 Å². The summed E-state index contributed by atoms with van der Waals surface area (Å²) in [6.07, 6.45) is 1.67. The number of anilines is 1. The van der Waals surface area contributed by atoms with Crippen LogP contribution in [0.15, 0.2) is 22.6 Å². The Kier molecular flexibility index (Phi) is 3.78. The van der Waals surface area contributed by atoms with Crippen LogP contribution in [0.1, 0.15) is 12.5 Å². The number of aromatic nitrogens is 1. The van der Waals surface area contributed by atoms with Crippen molar-refractivity contribution in [3.63, 3.8) is 0 Å². The Labute approximate surface area is 108 Å². The van der Waals surface area contributed by atoms with Gasteiger partial charge in [-0.25, -0.2) is 0 Å². The highest BCUT2D eigenvalue weighted by Gasteiger charge is 2.11. The second-order valence-electron chi connectivity index (χ2n) is 3.63. The van der Waals surface area contributed by atoms with Gasteiger partial charge < -0.3 is 4.42 Å². The van der Waals surface area contributed by atoms with Crippen molar-refractivity contribution in [3.8, 4) is 0 Å². The van der Waals surface area contributed by atoms with Crippen LogP contribution in [0.5, 0.6) is 0 Å². The lowest BCUT2D eigenvalue weighted by Gasteiger charge is -2.07. The van der Waals surface area contributed by atoms with Gasteiger partial charge in [-0.3, -0.25) is 9.69 Å². The summed E-state index contributed by atoms with van der Waals surface area (Å²) < 4.78 is 5.57. The highest BCUT2D eigenvalue weighted by Crippen LogP contribution is 2.22. The van der Waals surface area contributed by atoms with Crippen LogP contribution in [-0.2, 0) is 11.2 Å². The van der Waals surface area contributed by atoms with Crippen LogP contribution in [0, 0.1) is 0 Å². The summed E-state index contributed by atoms with van der Waals surface area (Å²) in [6, 6.07) is 6.26. The molecule has 90 valence electrons. The Morgan fingerprint density at radius 3 is 3.00 bits per heavy atom. The number of carbonyl (C=O) groups excluding carboxylic acids is 1. The van der Waals surface area contributed by atoms with Crippen LogP contribution in [0.25, 0.3) is 11.1 Å². The van der Waals surface area contributed by atoms with Crippen molar-refractivity contribution in [2.45, 2.75) is 13.3 Å². The summed E-state index contributed by atoms with van der Waals surface area (Å²) in [4.78, 5) is 16.5. The zero-order valence-corrected chi connectivity index (χ0v) is 11.1. The smallest absolute Gasteiger partial charge is 0.305 e. The molecule has 0 N–H and O–H groups in total. The van der Waals surface area contributed by atoms with Crippen LogP contribution >= 0.6 is 15.9 Å². The Morgan fingerprint density at radius 1 is 1.53 bits per heavy atom. The summed E-state index contributed by atoms with van der Waals surface area (Å²) in [6.45, 7) is 2.42. The van der Waals surface area contributed by atoms with Gasteiger partial charge in [-0.05, 0) is 31.0 Å². The third-order valence-corrected chi connectivity index (χ3v) is 2.93. The van der Waals surface area contributed by atoms with E-state index >= 15 is 0 Å². The maximum atomic E-state index is 10.8. The van der Waals surface area contributed by atoms with Crippen molar-refractivity contribution in [3.05, 3.63) is 23.8 Å². The molecule has 0 atom stereocenters. The number of benzene rings is 1. The van der Waals surface area contributed by atoms with Gasteiger partial charge in [-0.15, -0.1) is 0 Å². The molecule has 0 aliphatic heterocycles. The largest absolute Gasteiger partial charge is 0.423 e. The number of rotatable bonds is 5. The number of hydrogen-bond donors (Lipinski definition) is 0. The third-order valence-electron chi connectivity index (χ3n) is 2.54. The number of nitrogens with zero attached hydrogens (tertiary/aromatic N) is 2. The molecule has 4 nitrogen and oxygen atoms in total. The first kappa shape index (κ1) is 12.1. The molecule has 0 aliphatic rings. The van der Waals surface area contributed by atoms with E-state index in [2.05, 4.69) is 20.9 Å². The Balaban J connectivity index is 2.39. The molecule has 0 fully saturated rings. The van der Waals surface area contributed by atoms with Gasteiger partial charge in [0.1, 0.15) is 5.52 Å². The molecule has 1 aromatic carbocycles. The molecule has 0 aliphatic carbocycles. The Bertz CT molecular complexity index is 524. The fourth-order valence-corrected chi connectivity index (χ4v) is 2.06. The second-order valence-corrected chi connectivity index (χ2v) is 4.42. The second kappa shape index (κ2) is 5.31. The van der Waals surface area contributed by atoms with Crippen molar-refractivity contribution in [1.82, 2.24) is 4.98 Å². The molecule has 0 saturated carbocycles. The zero-order valence-electron chi connectivity index (χ0n) is 9.52. The quantitative estimate of drug-likeness (QED) is 0.629. The molecule has 0 bridgehead atoms. The van der Waals surface area contributed by atoms with Crippen molar-refractivity contribution >= 4 is 39.5 Å². The highest BCUT2D eigenvalue weighted by atomic mass is 79.9. The molecular weight excluding hydrogens is 284 g/mol. The number of fused-ring (bicyclic) bond motifs is 1. The van der Waals surface area contributed by atoms with Crippen molar-refractivity contribution in [2.24, 2.45) is 0 Å². The Hall–Kier alpha value is -1.36. The lowest BCUT2D eigenvalue weighted by atomic mass is 10.1. The van der Waals surface area contributed by atoms with Gasteiger partial charge in [0.05, 0.1) is 0 Å². The molecule has 2 aromatic rings. The number of carbonyl (C=O) groups is 1. The van der Waals surface area contributed by atoms with Gasteiger partial charge in [0.25, 0.3) is 0 Å². The van der Waals surface area contributed by atoms with E-state index in [1.165, 1.54) is 10.5 Å². The minimum absolute atomic E-state index is 0.355. The van der Waals surface area contributed by atoms with E-state index in [0.717, 1.165) is 29.3 Å². The van der Waals surface area contributed by atoms with Crippen LogP contribution in [-0.4, -0.2) is 23.3 Å². The van der Waals surface area contributed by atoms with E-state index in [1.807, 2.05) is 25.1 Å². The van der Waals surface area contributed by atoms with Gasteiger partial charge in [0.15, 0.2) is 5.58 Å². The molecule has 5 heteroatoms. The molecule has 1 amide bonds. The maximum Gasteiger partial charge on any atom is 0.305 e. The minimum atomic E-state index is 0.355. The lowest BCUT2D eigenvalue weighted by molar-refractivity contribution is -0.107. The highest BCUT2D eigenvalue weighted by molar-refractivity contribution is 9.09. The van der Waals surface area contributed by atoms with Gasteiger partial charge in [-0.2, -0.15) is 4.98 Å². The molecule has 1 heterocycles. The fourth-order valence-electron chi connectivity index (χ4n) is 1.60. The number of oxazole rings is 1. The van der Waals surface area contributed by atoms with Gasteiger partial charge in [-0.1, -0.05) is 22.0 Å². The number of alkyl halides is 1. The van der Waals surface area contributed by atoms with Gasteiger partial charge in [0, 0.05) is 11.9 Å². The summed E-state index contributed by atoms with van der Waals surface area (Å²) >= 11 is 3.40. The topological polar surface area (TPSA) is 46.3 Å². The molecule has 1 aromatic heterocycles. The van der Waals surface area contributed by atoms with Crippen LogP contribution in [0.3, 0.4) is 0 Å².